The lowest BCUT2D eigenvalue weighted by Gasteiger charge is -2.12. The number of hydrogen-bond donors (Lipinski definition) is 1. The number of halogens is 1. The van der Waals surface area contributed by atoms with Crippen LogP contribution in [0, 0.1) is 11.7 Å². The molecule has 0 unspecified atom stereocenters. The van der Waals surface area contributed by atoms with Gasteiger partial charge in [0.05, 0.1) is 19.4 Å². The first-order chi connectivity index (χ1) is 14.9. The number of methoxy groups -OCH3 is 1. The van der Waals surface area contributed by atoms with Gasteiger partial charge >= 0.3 is 0 Å². The van der Waals surface area contributed by atoms with Gasteiger partial charge < -0.3 is 9.47 Å². The average Bonchev–Trinajstić information content (AvgIpc) is 3.21. The first kappa shape index (κ1) is 22.5. The van der Waals surface area contributed by atoms with Gasteiger partial charge in [-0.15, -0.1) is 11.3 Å². The Balaban J connectivity index is 1.60. The topological polar surface area (TPSA) is 60.5 Å². The third kappa shape index (κ3) is 6.65. The molecule has 0 radical (unpaired) electrons. The summed E-state index contributed by atoms with van der Waals surface area (Å²) in [7, 11) is 1.59. The van der Waals surface area contributed by atoms with Crippen molar-refractivity contribution in [1.82, 2.24) is 4.98 Å². The summed E-state index contributed by atoms with van der Waals surface area (Å²) in [5.74, 6) is 1.27. The van der Waals surface area contributed by atoms with Gasteiger partial charge in [0, 0.05) is 17.0 Å². The van der Waals surface area contributed by atoms with E-state index in [1.165, 1.54) is 29.5 Å². The Bertz CT molecular complexity index is 1050. The van der Waals surface area contributed by atoms with Crippen molar-refractivity contribution in [3.05, 3.63) is 65.3 Å². The molecule has 0 saturated heterocycles. The maximum Gasteiger partial charge on any atom is 0.250 e. The van der Waals surface area contributed by atoms with Gasteiger partial charge in [-0.1, -0.05) is 19.9 Å². The second kappa shape index (κ2) is 10.7. The summed E-state index contributed by atoms with van der Waals surface area (Å²) in [5.41, 5.74) is 2.29. The molecule has 2 aromatic carbocycles. The number of carbonyl (C=O) groups excluding carboxylic acids is 1. The highest BCUT2D eigenvalue weighted by Gasteiger charge is 2.08. The second-order valence-electron chi connectivity index (χ2n) is 7.31. The van der Waals surface area contributed by atoms with Crippen molar-refractivity contribution >= 4 is 28.5 Å². The highest BCUT2D eigenvalue weighted by molar-refractivity contribution is 7.14. The molecule has 0 saturated carbocycles. The number of anilines is 1. The van der Waals surface area contributed by atoms with E-state index >= 15 is 0 Å². The molecule has 0 atom stereocenters. The monoisotopic (exact) mass is 440 g/mol. The number of carbonyl (C=O) groups is 1. The van der Waals surface area contributed by atoms with E-state index in [-0.39, 0.29) is 11.7 Å². The Morgan fingerprint density at radius 3 is 2.68 bits per heavy atom. The van der Waals surface area contributed by atoms with Crippen LogP contribution >= 0.6 is 11.3 Å². The molecule has 1 amide bonds. The number of rotatable bonds is 9. The van der Waals surface area contributed by atoms with Crippen LogP contribution in [-0.2, 0) is 4.79 Å². The number of benzene rings is 2. The summed E-state index contributed by atoms with van der Waals surface area (Å²) in [6.45, 7) is 4.92. The highest BCUT2D eigenvalue weighted by atomic mass is 32.1. The van der Waals surface area contributed by atoms with E-state index in [9.17, 15) is 9.18 Å². The number of aromatic nitrogens is 1. The van der Waals surface area contributed by atoms with Crippen LogP contribution in [0.3, 0.4) is 0 Å². The van der Waals surface area contributed by atoms with Crippen LogP contribution in [0.15, 0.2) is 53.9 Å². The summed E-state index contributed by atoms with van der Waals surface area (Å²) in [6.07, 6.45) is 4.10. The maximum absolute atomic E-state index is 13.1. The van der Waals surface area contributed by atoms with Crippen molar-refractivity contribution < 1.29 is 18.7 Å². The molecule has 31 heavy (non-hydrogen) atoms. The Morgan fingerprint density at radius 1 is 1.19 bits per heavy atom. The fraction of sp³-hybridized carbons (Fsp3) is 0.250. The number of hydrogen-bond acceptors (Lipinski definition) is 5. The SMILES string of the molecule is COc1cc(/C=C/C(=O)Nc2nc(-c3ccc(F)cc3)cs2)ccc1OCCC(C)C. The molecular weight excluding hydrogens is 415 g/mol. The molecule has 1 aromatic heterocycles. The predicted molar refractivity (Wildman–Crippen MR) is 123 cm³/mol. The summed E-state index contributed by atoms with van der Waals surface area (Å²) in [4.78, 5) is 16.6. The van der Waals surface area contributed by atoms with Crippen LogP contribution in [0.2, 0.25) is 0 Å². The van der Waals surface area contributed by atoms with Gasteiger partial charge in [0.15, 0.2) is 16.6 Å². The van der Waals surface area contributed by atoms with E-state index in [0.29, 0.717) is 34.8 Å². The van der Waals surface area contributed by atoms with Crippen molar-refractivity contribution in [2.75, 3.05) is 19.0 Å². The normalized spacial score (nSPS) is 11.1. The molecule has 0 aliphatic rings. The van der Waals surface area contributed by atoms with Crippen LogP contribution in [-0.4, -0.2) is 24.6 Å². The molecule has 0 fully saturated rings. The molecule has 5 nitrogen and oxygen atoms in total. The molecule has 0 spiro atoms. The van der Waals surface area contributed by atoms with E-state index in [1.54, 1.807) is 25.3 Å². The van der Waals surface area contributed by atoms with Gasteiger partial charge in [-0.05, 0) is 60.4 Å². The average molecular weight is 441 g/mol. The lowest BCUT2D eigenvalue weighted by molar-refractivity contribution is -0.111. The smallest absolute Gasteiger partial charge is 0.250 e. The summed E-state index contributed by atoms with van der Waals surface area (Å²) in [6, 6.07) is 11.6. The number of ether oxygens (including phenoxy) is 2. The Kier molecular flexibility index (Phi) is 7.78. The molecule has 7 heteroatoms. The van der Waals surface area contributed by atoms with E-state index in [4.69, 9.17) is 9.47 Å². The number of amides is 1. The molecule has 0 aliphatic carbocycles. The van der Waals surface area contributed by atoms with Crippen molar-refractivity contribution in [1.29, 1.82) is 0 Å². The van der Waals surface area contributed by atoms with Gasteiger partial charge in [-0.25, -0.2) is 9.37 Å². The molecule has 0 bridgehead atoms. The molecular formula is C24H25FN2O3S. The van der Waals surface area contributed by atoms with E-state index in [2.05, 4.69) is 24.1 Å². The van der Waals surface area contributed by atoms with Crippen LogP contribution in [0.5, 0.6) is 11.5 Å². The minimum atomic E-state index is -0.301. The lowest BCUT2D eigenvalue weighted by Crippen LogP contribution is -2.07. The van der Waals surface area contributed by atoms with Crippen LogP contribution in [0.25, 0.3) is 17.3 Å². The molecule has 0 aliphatic heterocycles. The summed E-state index contributed by atoms with van der Waals surface area (Å²) in [5, 5.41) is 5.03. The fourth-order valence-corrected chi connectivity index (χ4v) is 3.44. The highest BCUT2D eigenvalue weighted by Crippen LogP contribution is 2.29. The molecule has 1 N–H and O–H groups in total. The van der Waals surface area contributed by atoms with Crippen molar-refractivity contribution in [2.45, 2.75) is 20.3 Å². The standard InChI is InChI=1S/C24H25FN2O3S/c1-16(2)12-13-30-21-10-4-17(14-22(21)29-3)5-11-23(28)27-24-26-20(15-31-24)18-6-8-19(25)9-7-18/h4-11,14-16H,12-13H2,1-3H3,(H,26,27,28)/b11-5+. The van der Waals surface area contributed by atoms with E-state index < -0.39 is 0 Å². The maximum atomic E-state index is 13.1. The van der Waals surface area contributed by atoms with Gasteiger partial charge in [-0.2, -0.15) is 0 Å². The third-order valence-electron chi connectivity index (χ3n) is 4.44. The van der Waals surface area contributed by atoms with Gasteiger partial charge in [0.1, 0.15) is 5.82 Å². The van der Waals surface area contributed by atoms with Crippen LogP contribution in [0.4, 0.5) is 9.52 Å². The van der Waals surface area contributed by atoms with Gasteiger partial charge in [-0.3, -0.25) is 10.1 Å². The molecule has 162 valence electrons. The second-order valence-corrected chi connectivity index (χ2v) is 8.17. The molecule has 3 aromatic rings. The Labute approximate surface area is 185 Å². The van der Waals surface area contributed by atoms with E-state index in [1.807, 2.05) is 23.6 Å². The zero-order valence-electron chi connectivity index (χ0n) is 17.7. The zero-order chi connectivity index (χ0) is 22.2. The number of nitrogens with zero attached hydrogens (tertiary/aromatic N) is 1. The summed E-state index contributed by atoms with van der Waals surface area (Å²) < 4.78 is 24.3. The Morgan fingerprint density at radius 2 is 1.97 bits per heavy atom. The minimum Gasteiger partial charge on any atom is -0.493 e. The zero-order valence-corrected chi connectivity index (χ0v) is 18.5. The van der Waals surface area contributed by atoms with Gasteiger partial charge in [0.25, 0.3) is 0 Å². The van der Waals surface area contributed by atoms with Crippen molar-refractivity contribution in [2.24, 2.45) is 5.92 Å². The quantitative estimate of drug-likeness (QED) is 0.413. The summed E-state index contributed by atoms with van der Waals surface area (Å²) >= 11 is 1.31. The third-order valence-corrected chi connectivity index (χ3v) is 5.20. The first-order valence-electron chi connectivity index (χ1n) is 9.96. The largest absolute Gasteiger partial charge is 0.493 e. The van der Waals surface area contributed by atoms with Crippen molar-refractivity contribution in [3.63, 3.8) is 0 Å². The van der Waals surface area contributed by atoms with Crippen LogP contribution < -0.4 is 14.8 Å². The van der Waals surface area contributed by atoms with Crippen LogP contribution in [0.1, 0.15) is 25.8 Å². The van der Waals surface area contributed by atoms with Crippen molar-refractivity contribution in [3.8, 4) is 22.8 Å². The lowest BCUT2D eigenvalue weighted by atomic mass is 10.1. The number of nitrogens with one attached hydrogen (secondary N) is 1. The number of thiazole rings is 1. The molecule has 1 heterocycles. The predicted octanol–water partition coefficient (Wildman–Crippen LogP) is 6.03. The Hall–Kier alpha value is -3.19. The minimum absolute atomic E-state index is 0.295. The first-order valence-corrected chi connectivity index (χ1v) is 10.8. The molecule has 3 rings (SSSR count). The fourth-order valence-electron chi connectivity index (χ4n) is 2.72. The van der Waals surface area contributed by atoms with Gasteiger partial charge in [0.2, 0.25) is 5.91 Å². The van der Waals surface area contributed by atoms with E-state index in [0.717, 1.165) is 17.5 Å².